The van der Waals surface area contributed by atoms with Crippen LogP contribution in [0, 0.1) is 0 Å². The van der Waals surface area contributed by atoms with Crippen LogP contribution in [0.3, 0.4) is 0 Å². The Morgan fingerprint density at radius 3 is 2.94 bits per heavy atom. The molecule has 3 rings (SSSR count). The van der Waals surface area contributed by atoms with Crippen LogP contribution in [0.15, 0.2) is 64.8 Å². The molecular weight excluding hydrogens is 228 g/mol. The van der Waals surface area contributed by atoms with Gasteiger partial charge in [0.05, 0.1) is 5.69 Å². The summed E-state index contributed by atoms with van der Waals surface area (Å²) in [5.74, 6) is 0. The van der Waals surface area contributed by atoms with Gasteiger partial charge in [-0.2, -0.15) is 0 Å². The van der Waals surface area contributed by atoms with Crippen molar-refractivity contribution in [3.63, 3.8) is 0 Å². The van der Waals surface area contributed by atoms with E-state index >= 15 is 0 Å². The molecule has 0 spiro atoms. The normalized spacial score (nSPS) is 13.5. The van der Waals surface area contributed by atoms with Crippen LogP contribution < -0.4 is 5.32 Å². The van der Waals surface area contributed by atoms with Crippen molar-refractivity contribution < 1.29 is 0 Å². The van der Waals surface area contributed by atoms with Gasteiger partial charge in [0.1, 0.15) is 0 Å². The number of nitrogens with one attached hydrogen (secondary N) is 1. The lowest BCUT2D eigenvalue weighted by atomic mass is 10.2. The first-order chi connectivity index (χ1) is 8.42. The predicted molar refractivity (Wildman–Crippen MR) is 71.9 cm³/mol. The van der Waals surface area contributed by atoms with Crippen LogP contribution in [0.25, 0.3) is 0 Å². The van der Waals surface area contributed by atoms with Gasteiger partial charge in [0.2, 0.25) is 0 Å². The van der Waals surface area contributed by atoms with E-state index in [1.54, 1.807) is 6.20 Å². The van der Waals surface area contributed by atoms with Gasteiger partial charge >= 0.3 is 0 Å². The van der Waals surface area contributed by atoms with Gasteiger partial charge in [-0.05, 0) is 23.8 Å². The number of rotatable bonds is 2. The van der Waals surface area contributed by atoms with Crippen molar-refractivity contribution in [2.24, 2.45) is 0 Å². The Morgan fingerprint density at radius 1 is 1.12 bits per heavy atom. The number of nitrogens with zero attached hydrogens (tertiary/aromatic N) is 1. The van der Waals surface area contributed by atoms with Crippen molar-refractivity contribution in [1.82, 2.24) is 4.98 Å². The zero-order chi connectivity index (χ0) is 11.5. The molecule has 1 aliphatic heterocycles. The molecule has 0 amide bonds. The zero-order valence-corrected chi connectivity index (χ0v) is 10.1. The first-order valence-corrected chi connectivity index (χ1v) is 6.35. The van der Waals surface area contributed by atoms with Gasteiger partial charge < -0.3 is 5.32 Å². The second-order valence-corrected chi connectivity index (χ2v) is 5.06. The number of hydrogen-bond acceptors (Lipinski definition) is 3. The Hall–Kier alpha value is -1.74. The fourth-order valence-electron chi connectivity index (χ4n) is 1.79. The molecule has 1 N–H and O–H groups in total. The van der Waals surface area contributed by atoms with Crippen LogP contribution in [0.1, 0.15) is 5.56 Å². The lowest BCUT2D eigenvalue weighted by molar-refractivity contribution is 1.17. The van der Waals surface area contributed by atoms with Crippen molar-refractivity contribution in [3.8, 4) is 0 Å². The van der Waals surface area contributed by atoms with Gasteiger partial charge in [0.15, 0.2) is 0 Å². The van der Waals surface area contributed by atoms with E-state index in [0.717, 1.165) is 6.42 Å². The highest BCUT2D eigenvalue weighted by Gasteiger charge is 2.11. The van der Waals surface area contributed by atoms with Gasteiger partial charge in [-0.15, -0.1) is 0 Å². The first-order valence-electron chi connectivity index (χ1n) is 5.53. The summed E-state index contributed by atoms with van der Waals surface area (Å²) in [5, 5.41) is 3.33. The van der Waals surface area contributed by atoms with E-state index in [1.807, 2.05) is 30.1 Å². The predicted octanol–water partition coefficient (Wildman–Crippen LogP) is 3.68. The molecule has 84 valence electrons. The fraction of sp³-hybridized carbons (Fsp3) is 0.0714. The van der Waals surface area contributed by atoms with Crippen LogP contribution in [-0.2, 0) is 6.42 Å². The molecule has 0 atom stereocenters. The average Bonchev–Trinajstić information content (AvgIpc) is 2.40. The second kappa shape index (κ2) is 4.63. The first kappa shape index (κ1) is 10.4. The SMILES string of the molecule is C1=C(Cc2cccnc2)Sc2ccccc2N1. The van der Waals surface area contributed by atoms with Crippen LogP contribution in [0.2, 0.25) is 0 Å². The summed E-state index contributed by atoms with van der Waals surface area (Å²) in [6, 6.07) is 12.4. The number of thioether (sulfide) groups is 1. The summed E-state index contributed by atoms with van der Waals surface area (Å²) in [4.78, 5) is 6.74. The lowest BCUT2D eigenvalue weighted by Gasteiger charge is -2.17. The number of aromatic nitrogens is 1. The molecule has 0 saturated heterocycles. The summed E-state index contributed by atoms with van der Waals surface area (Å²) in [6.07, 6.45) is 6.74. The number of anilines is 1. The van der Waals surface area contributed by atoms with E-state index in [0.29, 0.717) is 0 Å². The van der Waals surface area contributed by atoms with E-state index in [2.05, 4.69) is 40.8 Å². The molecule has 1 aliphatic rings. The minimum Gasteiger partial charge on any atom is -0.360 e. The minimum atomic E-state index is 0.930. The Balaban J connectivity index is 1.78. The summed E-state index contributed by atoms with van der Waals surface area (Å²) in [6.45, 7) is 0. The molecule has 0 fully saturated rings. The second-order valence-electron chi connectivity index (χ2n) is 3.89. The third-order valence-corrected chi connectivity index (χ3v) is 3.72. The molecule has 0 radical (unpaired) electrons. The van der Waals surface area contributed by atoms with Crippen molar-refractivity contribution in [3.05, 3.63) is 65.5 Å². The fourth-order valence-corrected chi connectivity index (χ4v) is 2.82. The molecule has 1 aromatic heterocycles. The number of fused-ring (bicyclic) bond motifs is 1. The standard InChI is InChI=1S/C14H12N2S/c1-2-6-14-13(5-1)16-10-12(17-14)8-11-4-3-7-15-9-11/h1-7,9-10,16H,8H2. The number of hydrogen-bond donors (Lipinski definition) is 1. The Bertz CT molecular complexity index is 549. The maximum absolute atomic E-state index is 4.14. The van der Waals surface area contributed by atoms with Crippen LogP contribution in [0.4, 0.5) is 5.69 Å². The molecule has 0 unspecified atom stereocenters. The molecule has 0 bridgehead atoms. The topological polar surface area (TPSA) is 24.9 Å². The third-order valence-electron chi connectivity index (χ3n) is 2.62. The summed E-state index contributed by atoms with van der Waals surface area (Å²) < 4.78 is 0. The van der Waals surface area contributed by atoms with E-state index < -0.39 is 0 Å². The average molecular weight is 240 g/mol. The molecule has 3 heteroatoms. The molecule has 0 saturated carbocycles. The van der Waals surface area contributed by atoms with Crippen LogP contribution in [0.5, 0.6) is 0 Å². The minimum absolute atomic E-state index is 0.930. The molecule has 1 aromatic carbocycles. The molecular formula is C14H12N2S. The summed E-state index contributed by atoms with van der Waals surface area (Å²) in [5.41, 5.74) is 2.43. The summed E-state index contributed by atoms with van der Waals surface area (Å²) >= 11 is 1.82. The monoisotopic (exact) mass is 240 g/mol. The van der Waals surface area contributed by atoms with Gasteiger partial charge in [-0.25, -0.2) is 0 Å². The Labute approximate surface area is 105 Å². The summed E-state index contributed by atoms with van der Waals surface area (Å²) in [7, 11) is 0. The van der Waals surface area contributed by atoms with Crippen LogP contribution >= 0.6 is 11.8 Å². The van der Waals surface area contributed by atoms with Gasteiger partial charge in [-0.1, -0.05) is 30.0 Å². The molecule has 2 heterocycles. The van der Waals surface area contributed by atoms with Crippen molar-refractivity contribution in [1.29, 1.82) is 0 Å². The van der Waals surface area contributed by atoms with Gasteiger partial charge in [0.25, 0.3) is 0 Å². The highest BCUT2D eigenvalue weighted by molar-refractivity contribution is 8.03. The highest BCUT2D eigenvalue weighted by Crippen LogP contribution is 2.37. The van der Waals surface area contributed by atoms with E-state index in [-0.39, 0.29) is 0 Å². The highest BCUT2D eigenvalue weighted by atomic mass is 32.2. The third kappa shape index (κ3) is 2.34. The molecule has 0 aliphatic carbocycles. The lowest BCUT2D eigenvalue weighted by Crippen LogP contribution is -2.00. The van der Waals surface area contributed by atoms with E-state index in [4.69, 9.17) is 0 Å². The van der Waals surface area contributed by atoms with Crippen molar-refractivity contribution >= 4 is 17.4 Å². The molecule has 17 heavy (non-hydrogen) atoms. The van der Waals surface area contributed by atoms with E-state index in [1.165, 1.54) is 21.1 Å². The van der Waals surface area contributed by atoms with Crippen molar-refractivity contribution in [2.75, 3.05) is 5.32 Å². The maximum atomic E-state index is 4.14. The number of benzene rings is 1. The van der Waals surface area contributed by atoms with Gasteiger partial charge in [-0.3, -0.25) is 4.98 Å². The Kier molecular flexibility index (Phi) is 2.84. The van der Waals surface area contributed by atoms with Gasteiger partial charge in [0, 0.05) is 34.8 Å². The largest absolute Gasteiger partial charge is 0.360 e. The smallest absolute Gasteiger partial charge is 0.0521 e. The molecule has 2 nitrogen and oxygen atoms in total. The van der Waals surface area contributed by atoms with Crippen LogP contribution in [-0.4, -0.2) is 4.98 Å². The quantitative estimate of drug-likeness (QED) is 0.866. The molecule has 2 aromatic rings. The van der Waals surface area contributed by atoms with E-state index in [9.17, 15) is 0 Å². The maximum Gasteiger partial charge on any atom is 0.0521 e. The number of pyridine rings is 1. The Morgan fingerprint density at radius 2 is 2.06 bits per heavy atom. The number of para-hydroxylation sites is 1. The number of allylic oxidation sites excluding steroid dienone is 1. The van der Waals surface area contributed by atoms with Crippen molar-refractivity contribution in [2.45, 2.75) is 11.3 Å². The zero-order valence-electron chi connectivity index (χ0n) is 9.26.